The summed E-state index contributed by atoms with van der Waals surface area (Å²) in [6.07, 6.45) is 4.69. The van der Waals surface area contributed by atoms with E-state index in [1.807, 2.05) is 14.1 Å². The third kappa shape index (κ3) is 4.67. The summed E-state index contributed by atoms with van der Waals surface area (Å²) in [5, 5.41) is 12.2. The van der Waals surface area contributed by atoms with E-state index in [4.69, 9.17) is 0 Å². The largest absolute Gasteiger partial charge is 0.480 e. The zero-order valence-electron chi connectivity index (χ0n) is 12.8. The molecule has 116 valence electrons. The molecule has 0 heterocycles. The fourth-order valence-electron chi connectivity index (χ4n) is 2.57. The molecule has 0 aromatic heterocycles. The van der Waals surface area contributed by atoms with Crippen LogP contribution in [0.1, 0.15) is 38.5 Å². The Balaban J connectivity index is 2.51. The van der Waals surface area contributed by atoms with Gasteiger partial charge in [0.25, 0.3) is 0 Å². The fraction of sp³-hybridized carbons (Fsp3) is 0.857. The number of hydrogen-bond acceptors (Lipinski definition) is 3. The molecule has 0 atom stereocenters. The van der Waals surface area contributed by atoms with Crippen LogP contribution in [0, 0.1) is 0 Å². The number of carboxylic acids is 1. The number of amides is 2. The van der Waals surface area contributed by atoms with Gasteiger partial charge in [-0.25, -0.2) is 9.59 Å². The van der Waals surface area contributed by atoms with Crippen molar-refractivity contribution in [3.63, 3.8) is 0 Å². The van der Waals surface area contributed by atoms with Crippen LogP contribution in [0.4, 0.5) is 4.79 Å². The zero-order chi connectivity index (χ0) is 15.2. The van der Waals surface area contributed by atoms with Gasteiger partial charge in [-0.2, -0.15) is 0 Å². The van der Waals surface area contributed by atoms with E-state index < -0.39 is 11.5 Å². The Morgan fingerprint density at radius 2 is 1.70 bits per heavy atom. The fourth-order valence-corrected chi connectivity index (χ4v) is 2.57. The molecule has 0 bridgehead atoms. The predicted molar refractivity (Wildman–Crippen MR) is 77.8 cm³/mol. The van der Waals surface area contributed by atoms with Gasteiger partial charge in [0.2, 0.25) is 0 Å². The van der Waals surface area contributed by atoms with Crippen molar-refractivity contribution in [1.82, 2.24) is 15.1 Å². The van der Waals surface area contributed by atoms with Gasteiger partial charge in [0.1, 0.15) is 5.54 Å². The van der Waals surface area contributed by atoms with Crippen LogP contribution in [0.3, 0.4) is 0 Å². The van der Waals surface area contributed by atoms with Crippen molar-refractivity contribution in [2.75, 3.05) is 34.2 Å². The molecule has 1 aliphatic rings. The van der Waals surface area contributed by atoms with Gasteiger partial charge in [-0.05, 0) is 39.9 Å². The van der Waals surface area contributed by atoms with E-state index in [1.165, 1.54) is 0 Å². The smallest absolute Gasteiger partial charge is 0.329 e. The van der Waals surface area contributed by atoms with Crippen molar-refractivity contribution < 1.29 is 14.7 Å². The van der Waals surface area contributed by atoms with Crippen LogP contribution in [0.5, 0.6) is 0 Å². The van der Waals surface area contributed by atoms with Crippen molar-refractivity contribution in [2.24, 2.45) is 0 Å². The minimum absolute atomic E-state index is 0.284. The van der Waals surface area contributed by atoms with Crippen LogP contribution in [0.15, 0.2) is 0 Å². The van der Waals surface area contributed by atoms with E-state index in [9.17, 15) is 14.7 Å². The molecule has 6 nitrogen and oxygen atoms in total. The molecule has 0 aromatic rings. The molecule has 0 aromatic carbocycles. The lowest BCUT2D eigenvalue weighted by atomic mass is 9.82. The maximum atomic E-state index is 12.1. The standard InChI is InChI=1S/C14H27N3O3/c1-16(2)10-7-11-17(3)13(20)15-14(12(18)19)8-5-4-6-9-14/h4-11H2,1-3H3,(H,15,20)(H,18,19). The van der Waals surface area contributed by atoms with Crippen LogP contribution in [-0.2, 0) is 4.79 Å². The van der Waals surface area contributed by atoms with Crippen LogP contribution in [0.2, 0.25) is 0 Å². The van der Waals surface area contributed by atoms with E-state index in [2.05, 4.69) is 10.2 Å². The van der Waals surface area contributed by atoms with Crippen molar-refractivity contribution in [1.29, 1.82) is 0 Å². The Labute approximate surface area is 121 Å². The van der Waals surface area contributed by atoms with E-state index in [-0.39, 0.29) is 6.03 Å². The zero-order valence-corrected chi connectivity index (χ0v) is 12.8. The first-order valence-electron chi connectivity index (χ1n) is 7.29. The van der Waals surface area contributed by atoms with E-state index in [0.29, 0.717) is 19.4 Å². The highest BCUT2D eigenvalue weighted by Crippen LogP contribution is 2.28. The Hall–Kier alpha value is -1.30. The average Bonchev–Trinajstić information content (AvgIpc) is 2.39. The Morgan fingerprint density at radius 3 is 2.20 bits per heavy atom. The van der Waals surface area contributed by atoms with Crippen LogP contribution in [-0.4, -0.2) is 66.7 Å². The first kappa shape index (κ1) is 16.8. The van der Waals surface area contributed by atoms with Gasteiger partial charge in [-0.3, -0.25) is 0 Å². The van der Waals surface area contributed by atoms with Crippen molar-refractivity contribution in [2.45, 2.75) is 44.1 Å². The quantitative estimate of drug-likeness (QED) is 0.773. The lowest BCUT2D eigenvalue weighted by Crippen LogP contribution is -2.58. The maximum Gasteiger partial charge on any atom is 0.329 e. The van der Waals surface area contributed by atoms with Crippen LogP contribution >= 0.6 is 0 Å². The minimum atomic E-state index is -1.06. The number of carboxylic acid groups (broad SMARTS) is 1. The van der Waals surface area contributed by atoms with E-state index in [0.717, 1.165) is 32.2 Å². The second-order valence-electron chi connectivity index (χ2n) is 5.96. The maximum absolute atomic E-state index is 12.1. The van der Waals surface area contributed by atoms with Gasteiger partial charge in [0, 0.05) is 13.6 Å². The molecule has 1 fully saturated rings. The Kier molecular flexibility index (Phi) is 6.26. The highest BCUT2D eigenvalue weighted by Gasteiger charge is 2.41. The molecule has 1 rings (SSSR count). The number of rotatable bonds is 6. The first-order chi connectivity index (χ1) is 9.37. The number of nitrogens with one attached hydrogen (secondary N) is 1. The summed E-state index contributed by atoms with van der Waals surface area (Å²) in [5.41, 5.74) is -1.06. The Bertz CT molecular complexity index is 339. The third-order valence-electron chi connectivity index (χ3n) is 3.91. The van der Waals surface area contributed by atoms with E-state index in [1.54, 1.807) is 11.9 Å². The molecule has 1 saturated carbocycles. The lowest BCUT2D eigenvalue weighted by Gasteiger charge is -2.35. The molecule has 0 spiro atoms. The highest BCUT2D eigenvalue weighted by atomic mass is 16.4. The molecular weight excluding hydrogens is 258 g/mol. The predicted octanol–water partition coefficient (Wildman–Crippen LogP) is 1.37. The summed E-state index contributed by atoms with van der Waals surface area (Å²) in [7, 11) is 5.69. The van der Waals surface area contributed by atoms with Gasteiger partial charge in [0.15, 0.2) is 0 Å². The van der Waals surface area contributed by atoms with Crippen LogP contribution in [0.25, 0.3) is 0 Å². The average molecular weight is 285 g/mol. The summed E-state index contributed by atoms with van der Waals surface area (Å²) in [4.78, 5) is 27.3. The Morgan fingerprint density at radius 1 is 1.10 bits per heavy atom. The molecule has 20 heavy (non-hydrogen) atoms. The van der Waals surface area contributed by atoms with Crippen molar-refractivity contribution in [3.05, 3.63) is 0 Å². The normalized spacial score (nSPS) is 17.8. The first-order valence-corrected chi connectivity index (χ1v) is 7.29. The van der Waals surface area contributed by atoms with Gasteiger partial charge in [0.05, 0.1) is 0 Å². The number of hydrogen-bond donors (Lipinski definition) is 2. The van der Waals surface area contributed by atoms with E-state index >= 15 is 0 Å². The number of urea groups is 1. The topological polar surface area (TPSA) is 72.9 Å². The molecule has 0 aliphatic heterocycles. The summed E-state index contributed by atoms with van der Waals surface area (Å²) >= 11 is 0. The summed E-state index contributed by atoms with van der Waals surface area (Å²) in [5.74, 6) is -0.910. The van der Waals surface area contributed by atoms with Crippen molar-refractivity contribution >= 4 is 12.0 Å². The molecule has 2 amide bonds. The molecular formula is C14H27N3O3. The molecule has 0 radical (unpaired) electrons. The third-order valence-corrected chi connectivity index (χ3v) is 3.91. The summed E-state index contributed by atoms with van der Waals surface area (Å²) in [6, 6.07) is -0.284. The summed E-state index contributed by atoms with van der Waals surface area (Å²) in [6.45, 7) is 1.53. The monoisotopic (exact) mass is 285 g/mol. The molecule has 0 unspecified atom stereocenters. The second kappa shape index (κ2) is 7.47. The van der Waals surface area contributed by atoms with Gasteiger partial charge in [-0.15, -0.1) is 0 Å². The highest BCUT2D eigenvalue weighted by molar-refractivity contribution is 5.86. The number of nitrogens with zero attached hydrogens (tertiary/aromatic N) is 2. The summed E-state index contributed by atoms with van der Waals surface area (Å²) < 4.78 is 0. The lowest BCUT2D eigenvalue weighted by molar-refractivity contribution is -0.145. The number of carbonyl (C=O) groups is 2. The molecule has 0 saturated heterocycles. The van der Waals surface area contributed by atoms with Gasteiger partial charge >= 0.3 is 12.0 Å². The van der Waals surface area contributed by atoms with Crippen molar-refractivity contribution in [3.8, 4) is 0 Å². The molecule has 2 N–H and O–H groups in total. The molecule has 1 aliphatic carbocycles. The molecule has 6 heteroatoms. The van der Waals surface area contributed by atoms with Gasteiger partial charge in [-0.1, -0.05) is 19.3 Å². The SMILES string of the molecule is CN(C)CCCN(C)C(=O)NC1(C(=O)O)CCCCC1. The number of aliphatic carboxylic acids is 1. The number of carbonyl (C=O) groups excluding carboxylic acids is 1. The van der Waals surface area contributed by atoms with Gasteiger partial charge < -0.3 is 20.2 Å². The second-order valence-corrected chi connectivity index (χ2v) is 5.96. The minimum Gasteiger partial charge on any atom is -0.480 e. The van der Waals surface area contributed by atoms with Crippen LogP contribution < -0.4 is 5.32 Å².